The van der Waals surface area contributed by atoms with Crippen molar-refractivity contribution < 1.29 is 27.7 Å². The van der Waals surface area contributed by atoms with Crippen molar-refractivity contribution in [1.82, 2.24) is 5.32 Å². The van der Waals surface area contributed by atoms with Crippen LogP contribution in [-0.4, -0.2) is 54.3 Å². The van der Waals surface area contributed by atoms with Gasteiger partial charge in [-0.25, -0.2) is 4.79 Å². The highest BCUT2D eigenvalue weighted by Gasteiger charge is 2.27. The maximum Gasteiger partial charge on any atom is 0.327 e. The number of carboxylic acid groups (broad SMARTS) is 1. The van der Waals surface area contributed by atoms with Gasteiger partial charge >= 0.3 is 5.97 Å². The molecule has 0 radical (unpaired) electrons. The molecular weight excluding hydrogens is 278 g/mol. The van der Waals surface area contributed by atoms with E-state index in [0.29, 0.717) is 25.8 Å². The lowest BCUT2D eigenvalue weighted by Crippen LogP contribution is -2.51. The first-order valence-corrected chi connectivity index (χ1v) is 7.22. The third-order valence-electron chi connectivity index (χ3n) is 2.30. The summed E-state index contributed by atoms with van der Waals surface area (Å²) in [5, 5.41) is 10.7. The van der Waals surface area contributed by atoms with E-state index >= 15 is 0 Å². The number of carboxylic acids is 1. The number of nitrogens with one attached hydrogen (secondary N) is 1. The van der Waals surface area contributed by atoms with E-state index in [-0.39, 0.29) is 0 Å². The summed E-state index contributed by atoms with van der Waals surface area (Å²) >= 11 is 0. The van der Waals surface area contributed by atoms with E-state index in [1.165, 1.54) is 0 Å². The molecule has 0 saturated carbocycles. The van der Waals surface area contributed by atoms with Gasteiger partial charge < -0.3 is 21.9 Å². The molecule has 7 N–H and O–H groups in total. The Hall–Kier alpha value is -1.23. The van der Waals surface area contributed by atoms with Crippen LogP contribution in [0.25, 0.3) is 0 Å². The third kappa shape index (κ3) is 8.48. The smallest absolute Gasteiger partial charge is 0.327 e. The van der Waals surface area contributed by atoms with Crippen molar-refractivity contribution in [1.29, 1.82) is 0 Å². The lowest BCUT2D eigenvalue weighted by Gasteiger charge is -2.16. The van der Waals surface area contributed by atoms with Crippen molar-refractivity contribution >= 4 is 22.0 Å². The van der Waals surface area contributed by atoms with Crippen LogP contribution in [0.5, 0.6) is 0 Å². The summed E-state index contributed by atoms with van der Waals surface area (Å²) in [6.07, 6.45) is 1.58. The number of hydrogen-bond acceptors (Lipinski definition) is 6. The van der Waals surface area contributed by atoms with Gasteiger partial charge in [-0.2, -0.15) is 8.42 Å². The SMILES string of the molecule is NCCCC[C@H](N)C(=O)N[C@@H](CS(=O)(=O)O)C(=O)O. The monoisotopic (exact) mass is 297 g/mol. The minimum absolute atomic E-state index is 0.307. The molecule has 2 atom stereocenters. The van der Waals surface area contributed by atoms with Crippen LogP contribution in [0.3, 0.4) is 0 Å². The van der Waals surface area contributed by atoms with Crippen molar-refractivity contribution in [3.05, 3.63) is 0 Å². The first-order chi connectivity index (χ1) is 8.67. The molecule has 0 rings (SSSR count). The Morgan fingerprint density at radius 1 is 1.26 bits per heavy atom. The molecule has 10 heteroatoms. The number of carbonyl (C=O) groups excluding carboxylic acids is 1. The number of hydrogen-bond donors (Lipinski definition) is 5. The number of rotatable bonds is 9. The minimum atomic E-state index is -4.51. The molecule has 112 valence electrons. The summed E-state index contributed by atoms with van der Waals surface area (Å²) in [6, 6.07) is -2.68. The van der Waals surface area contributed by atoms with Gasteiger partial charge in [0.25, 0.3) is 10.1 Å². The molecule has 0 aromatic carbocycles. The second kappa shape index (κ2) is 8.04. The van der Waals surface area contributed by atoms with Crippen molar-refractivity contribution in [3.63, 3.8) is 0 Å². The van der Waals surface area contributed by atoms with Gasteiger partial charge in [0.15, 0.2) is 0 Å². The van der Waals surface area contributed by atoms with Gasteiger partial charge in [-0.15, -0.1) is 0 Å². The fraction of sp³-hybridized carbons (Fsp3) is 0.778. The molecule has 0 aliphatic heterocycles. The maximum atomic E-state index is 11.5. The fourth-order valence-electron chi connectivity index (χ4n) is 1.30. The Bertz CT molecular complexity index is 410. The molecule has 0 aliphatic rings. The predicted molar refractivity (Wildman–Crippen MR) is 66.9 cm³/mol. The van der Waals surface area contributed by atoms with E-state index in [4.69, 9.17) is 21.1 Å². The summed E-state index contributed by atoms with van der Waals surface area (Å²) in [4.78, 5) is 22.3. The number of amides is 1. The van der Waals surface area contributed by atoms with Crippen LogP contribution in [0.4, 0.5) is 0 Å². The van der Waals surface area contributed by atoms with Gasteiger partial charge in [-0.1, -0.05) is 6.42 Å². The van der Waals surface area contributed by atoms with Crippen molar-refractivity contribution in [2.75, 3.05) is 12.3 Å². The highest BCUT2D eigenvalue weighted by molar-refractivity contribution is 7.85. The molecule has 0 heterocycles. The number of unbranched alkanes of at least 4 members (excludes halogenated alkanes) is 1. The van der Waals surface area contributed by atoms with E-state index in [9.17, 15) is 18.0 Å². The van der Waals surface area contributed by atoms with Crippen LogP contribution < -0.4 is 16.8 Å². The number of nitrogens with two attached hydrogens (primary N) is 2. The predicted octanol–water partition coefficient (Wildman–Crippen LogP) is -2.10. The summed E-state index contributed by atoms with van der Waals surface area (Å²) in [5.41, 5.74) is 10.8. The molecule has 0 aromatic heterocycles. The summed E-state index contributed by atoms with van der Waals surface area (Å²) in [5.74, 6) is -3.46. The standard InChI is InChI=1S/C9H19N3O6S/c10-4-2-1-3-6(11)8(13)12-7(9(14)15)5-19(16,17)18/h6-7H,1-5,10-11H2,(H,12,13)(H,14,15)(H,16,17,18)/t6-,7-/m0/s1. The van der Waals surface area contributed by atoms with E-state index in [1.807, 2.05) is 5.32 Å². The summed E-state index contributed by atoms with van der Waals surface area (Å²) < 4.78 is 29.8. The zero-order valence-corrected chi connectivity index (χ0v) is 11.1. The fourth-order valence-corrected chi connectivity index (χ4v) is 1.95. The Balaban J connectivity index is 4.43. The Labute approximate surface area is 111 Å². The van der Waals surface area contributed by atoms with Crippen LogP contribution in [0.2, 0.25) is 0 Å². The van der Waals surface area contributed by atoms with Crippen molar-refractivity contribution in [2.24, 2.45) is 11.5 Å². The zero-order valence-electron chi connectivity index (χ0n) is 10.3. The average Bonchev–Trinajstić information content (AvgIpc) is 2.26. The lowest BCUT2D eigenvalue weighted by atomic mass is 10.1. The Morgan fingerprint density at radius 2 is 1.84 bits per heavy atom. The van der Waals surface area contributed by atoms with Crippen LogP contribution >= 0.6 is 0 Å². The van der Waals surface area contributed by atoms with Gasteiger partial charge in [-0.05, 0) is 19.4 Å². The summed E-state index contributed by atoms with van der Waals surface area (Å²) in [7, 11) is -4.51. The van der Waals surface area contributed by atoms with Crippen LogP contribution in [0, 0.1) is 0 Å². The Kier molecular flexibility index (Phi) is 7.52. The molecule has 0 unspecified atom stereocenters. The van der Waals surface area contributed by atoms with Crippen LogP contribution in [0.15, 0.2) is 0 Å². The van der Waals surface area contributed by atoms with Gasteiger partial charge in [0, 0.05) is 0 Å². The van der Waals surface area contributed by atoms with E-state index < -0.39 is 39.8 Å². The average molecular weight is 297 g/mol. The maximum absolute atomic E-state index is 11.5. The van der Waals surface area contributed by atoms with Crippen molar-refractivity contribution in [3.8, 4) is 0 Å². The molecular formula is C9H19N3O6S. The molecule has 0 spiro atoms. The highest BCUT2D eigenvalue weighted by atomic mass is 32.2. The largest absolute Gasteiger partial charge is 0.480 e. The quantitative estimate of drug-likeness (QED) is 0.238. The molecule has 0 aromatic rings. The third-order valence-corrected chi connectivity index (χ3v) is 3.05. The zero-order chi connectivity index (χ0) is 15.1. The molecule has 9 nitrogen and oxygen atoms in total. The molecule has 0 saturated heterocycles. The lowest BCUT2D eigenvalue weighted by molar-refractivity contribution is -0.141. The molecule has 19 heavy (non-hydrogen) atoms. The van der Waals surface area contributed by atoms with Gasteiger partial charge in [0.05, 0.1) is 6.04 Å². The molecule has 0 bridgehead atoms. The van der Waals surface area contributed by atoms with E-state index in [2.05, 4.69) is 0 Å². The van der Waals surface area contributed by atoms with Gasteiger partial charge in [0.1, 0.15) is 11.8 Å². The molecule has 0 aliphatic carbocycles. The second-order valence-corrected chi connectivity index (χ2v) is 5.54. The molecule has 0 fully saturated rings. The molecule has 1 amide bonds. The van der Waals surface area contributed by atoms with Gasteiger partial charge in [0.2, 0.25) is 5.91 Å². The summed E-state index contributed by atoms with van der Waals surface area (Å²) in [6.45, 7) is 0.453. The first kappa shape index (κ1) is 17.8. The van der Waals surface area contributed by atoms with E-state index in [1.54, 1.807) is 0 Å². The van der Waals surface area contributed by atoms with Crippen LogP contribution in [-0.2, 0) is 19.7 Å². The normalized spacial score (nSPS) is 14.7. The van der Waals surface area contributed by atoms with Gasteiger partial charge in [-0.3, -0.25) is 9.35 Å². The first-order valence-electron chi connectivity index (χ1n) is 5.61. The number of aliphatic carboxylic acids is 1. The van der Waals surface area contributed by atoms with Crippen LogP contribution in [0.1, 0.15) is 19.3 Å². The van der Waals surface area contributed by atoms with E-state index in [0.717, 1.165) is 0 Å². The number of carbonyl (C=O) groups is 2. The minimum Gasteiger partial charge on any atom is -0.480 e. The Morgan fingerprint density at radius 3 is 2.26 bits per heavy atom. The highest BCUT2D eigenvalue weighted by Crippen LogP contribution is 1.99. The topological polar surface area (TPSA) is 173 Å². The van der Waals surface area contributed by atoms with Crippen molar-refractivity contribution in [2.45, 2.75) is 31.3 Å². The second-order valence-electron chi connectivity index (χ2n) is 4.04.